The van der Waals surface area contributed by atoms with E-state index in [1.807, 2.05) is 12.1 Å². The SMILES string of the molecule is CC(CNCc1cccc(Cl)c1O)C1CC1. The van der Waals surface area contributed by atoms with Gasteiger partial charge in [-0.15, -0.1) is 0 Å². The van der Waals surface area contributed by atoms with Crippen molar-refractivity contribution in [3.8, 4) is 5.75 Å². The Bertz CT molecular complexity index is 363. The van der Waals surface area contributed by atoms with E-state index < -0.39 is 0 Å². The summed E-state index contributed by atoms with van der Waals surface area (Å²) in [7, 11) is 0. The molecule has 1 saturated carbocycles. The zero-order chi connectivity index (χ0) is 11.5. The number of benzene rings is 1. The highest BCUT2D eigenvalue weighted by Crippen LogP contribution is 2.36. The van der Waals surface area contributed by atoms with E-state index in [0.29, 0.717) is 11.6 Å². The molecule has 2 N–H and O–H groups in total. The second kappa shape index (κ2) is 5.07. The maximum Gasteiger partial charge on any atom is 0.138 e. The average molecular weight is 240 g/mol. The van der Waals surface area contributed by atoms with Gasteiger partial charge in [0.05, 0.1) is 5.02 Å². The van der Waals surface area contributed by atoms with Crippen molar-refractivity contribution >= 4 is 11.6 Å². The molecule has 0 heterocycles. The molecule has 88 valence electrons. The summed E-state index contributed by atoms with van der Waals surface area (Å²) < 4.78 is 0. The maximum atomic E-state index is 9.71. The molecule has 0 saturated heterocycles. The van der Waals surface area contributed by atoms with Crippen LogP contribution < -0.4 is 5.32 Å². The monoisotopic (exact) mass is 239 g/mol. The molecule has 1 aliphatic rings. The van der Waals surface area contributed by atoms with Crippen LogP contribution in [0.1, 0.15) is 25.3 Å². The second-order valence-corrected chi connectivity index (χ2v) is 5.10. The van der Waals surface area contributed by atoms with Crippen molar-refractivity contribution in [3.63, 3.8) is 0 Å². The zero-order valence-electron chi connectivity index (χ0n) is 9.54. The lowest BCUT2D eigenvalue weighted by molar-refractivity contribution is 0.444. The van der Waals surface area contributed by atoms with Crippen LogP contribution in [0.15, 0.2) is 18.2 Å². The van der Waals surface area contributed by atoms with Gasteiger partial charge in [-0.3, -0.25) is 0 Å². The number of aromatic hydroxyl groups is 1. The standard InChI is InChI=1S/C13H18ClNO/c1-9(10-5-6-10)7-15-8-11-3-2-4-12(14)13(11)16/h2-4,9-10,15-16H,5-8H2,1H3. The van der Waals surface area contributed by atoms with Crippen LogP contribution in [0.2, 0.25) is 5.02 Å². The Hall–Kier alpha value is -0.730. The van der Waals surface area contributed by atoms with Crippen LogP contribution in [0.3, 0.4) is 0 Å². The molecular weight excluding hydrogens is 222 g/mol. The lowest BCUT2D eigenvalue weighted by atomic mass is 10.1. The van der Waals surface area contributed by atoms with E-state index in [9.17, 15) is 5.11 Å². The summed E-state index contributed by atoms with van der Waals surface area (Å²) in [5, 5.41) is 13.5. The summed E-state index contributed by atoms with van der Waals surface area (Å²) >= 11 is 5.84. The largest absolute Gasteiger partial charge is 0.506 e. The Morgan fingerprint density at radius 2 is 2.25 bits per heavy atom. The Morgan fingerprint density at radius 1 is 1.50 bits per heavy atom. The molecule has 0 radical (unpaired) electrons. The average Bonchev–Trinajstić information content (AvgIpc) is 3.07. The molecule has 2 nitrogen and oxygen atoms in total. The highest BCUT2D eigenvalue weighted by molar-refractivity contribution is 6.32. The van der Waals surface area contributed by atoms with Crippen LogP contribution in [0, 0.1) is 11.8 Å². The van der Waals surface area contributed by atoms with Crippen LogP contribution in [-0.4, -0.2) is 11.7 Å². The van der Waals surface area contributed by atoms with E-state index in [1.54, 1.807) is 6.07 Å². The summed E-state index contributed by atoms with van der Waals surface area (Å²) in [5.41, 5.74) is 0.871. The normalized spacial score (nSPS) is 17.4. The first-order valence-electron chi connectivity index (χ1n) is 5.85. The van der Waals surface area contributed by atoms with Gasteiger partial charge in [0.25, 0.3) is 0 Å². The molecule has 2 rings (SSSR count). The highest BCUT2D eigenvalue weighted by Gasteiger charge is 2.27. The first-order chi connectivity index (χ1) is 7.68. The number of phenols is 1. The molecule has 16 heavy (non-hydrogen) atoms. The van der Waals surface area contributed by atoms with Gasteiger partial charge in [0.15, 0.2) is 0 Å². The van der Waals surface area contributed by atoms with E-state index in [1.165, 1.54) is 12.8 Å². The third-order valence-electron chi connectivity index (χ3n) is 3.28. The smallest absolute Gasteiger partial charge is 0.138 e. The zero-order valence-corrected chi connectivity index (χ0v) is 10.3. The van der Waals surface area contributed by atoms with Crippen molar-refractivity contribution in [2.45, 2.75) is 26.3 Å². The van der Waals surface area contributed by atoms with Gasteiger partial charge in [-0.2, -0.15) is 0 Å². The van der Waals surface area contributed by atoms with E-state index in [2.05, 4.69) is 12.2 Å². The fourth-order valence-corrected chi connectivity index (χ4v) is 2.16. The Kier molecular flexibility index (Phi) is 3.72. The summed E-state index contributed by atoms with van der Waals surface area (Å²) in [4.78, 5) is 0. The van der Waals surface area contributed by atoms with Crippen molar-refractivity contribution in [1.82, 2.24) is 5.32 Å². The molecule has 0 aromatic heterocycles. The molecule has 0 amide bonds. The molecular formula is C13H18ClNO. The highest BCUT2D eigenvalue weighted by atomic mass is 35.5. The lowest BCUT2D eigenvalue weighted by Gasteiger charge is -2.12. The number of hydrogen-bond acceptors (Lipinski definition) is 2. The lowest BCUT2D eigenvalue weighted by Crippen LogP contribution is -2.21. The number of para-hydroxylation sites is 1. The minimum atomic E-state index is 0.204. The summed E-state index contributed by atoms with van der Waals surface area (Å²) in [6, 6.07) is 5.46. The number of hydrogen-bond donors (Lipinski definition) is 2. The van der Waals surface area contributed by atoms with Gasteiger partial charge >= 0.3 is 0 Å². The molecule has 1 fully saturated rings. The summed E-state index contributed by atoms with van der Waals surface area (Å²) in [5.74, 6) is 1.86. The molecule has 3 heteroatoms. The summed E-state index contributed by atoms with van der Waals surface area (Å²) in [6.07, 6.45) is 2.76. The number of nitrogens with one attached hydrogen (secondary N) is 1. The first-order valence-corrected chi connectivity index (χ1v) is 6.23. The predicted molar refractivity (Wildman–Crippen MR) is 66.7 cm³/mol. The van der Waals surface area contributed by atoms with E-state index >= 15 is 0 Å². The number of phenolic OH excluding ortho intramolecular Hbond substituents is 1. The van der Waals surface area contributed by atoms with Gasteiger partial charge in [-0.05, 0) is 37.3 Å². The van der Waals surface area contributed by atoms with Gasteiger partial charge in [-0.1, -0.05) is 30.7 Å². The Morgan fingerprint density at radius 3 is 2.94 bits per heavy atom. The van der Waals surface area contributed by atoms with Crippen LogP contribution in [0.4, 0.5) is 0 Å². The van der Waals surface area contributed by atoms with Gasteiger partial charge in [0, 0.05) is 12.1 Å². The first kappa shape index (κ1) is 11.7. The molecule has 1 aromatic carbocycles. The van der Waals surface area contributed by atoms with Crippen LogP contribution in [0.25, 0.3) is 0 Å². The molecule has 1 atom stereocenters. The van der Waals surface area contributed by atoms with E-state index in [-0.39, 0.29) is 5.75 Å². The predicted octanol–water partition coefficient (Wildman–Crippen LogP) is 3.18. The Balaban J connectivity index is 1.82. The second-order valence-electron chi connectivity index (χ2n) is 4.69. The fourth-order valence-electron chi connectivity index (χ4n) is 1.97. The van der Waals surface area contributed by atoms with Gasteiger partial charge in [0.1, 0.15) is 5.75 Å². The number of rotatable bonds is 5. The topological polar surface area (TPSA) is 32.3 Å². The summed E-state index contributed by atoms with van der Waals surface area (Å²) in [6.45, 7) is 3.97. The van der Waals surface area contributed by atoms with E-state index in [0.717, 1.165) is 23.9 Å². The van der Waals surface area contributed by atoms with Gasteiger partial charge < -0.3 is 10.4 Å². The van der Waals surface area contributed by atoms with Crippen molar-refractivity contribution in [2.75, 3.05) is 6.54 Å². The van der Waals surface area contributed by atoms with Crippen molar-refractivity contribution < 1.29 is 5.11 Å². The minimum Gasteiger partial charge on any atom is -0.506 e. The van der Waals surface area contributed by atoms with Gasteiger partial charge in [-0.25, -0.2) is 0 Å². The maximum absolute atomic E-state index is 9.71. The molecule has 0 aliphatic heterocycles. The molecule has 1 aromatic rings. The van der Waals surface area contributed by atoms with Crippen molar-refractivity contribution in [2.24, 2.45) is 11.8 Å². The van der Waals surface area contributed by atoms with Gasteiger partial charge in [0.2, 0.25) is 0 Å². The quantitative estimate of drug-likeness (QED) is 0.827. The van der Waals surface area contributed by atoms with E-state index in [4.69, 9.17) is 11.6 Å². The van der Waals surface area contributed by atoms with Crippen LogP contribution in [-0.2, 0) is 6.54 Å². The Labute approximate surface area is 102 Å². The van der Waals surface area contributed by atoms with Crippen molar-refractivity contribution in [1.29, 1.82) is 0 Å². The third-order valence-corrected chi connectivity index (χ3v) is 3.58. The van der Waals surface area contributed by atoms with Crippen molar-refractivity contribution in [3.05, 3.63) is 28.8 Å². The molecule has 1 unspecified atom stereocenters. The van der Waals surface area contributed by atoms with Crippen LogP contribution >= 0.6 is 11.6 Å². The number of halogens is 1. The molecule has 1 aliphatic carbocycles. The third kappa shape index (κ3) is 2.89. The fraction of sp³-hybridized carbons (Fsp3) is 0.538. The van der Waals surface area contributed by atoms with Crippen LogP contribution in [0.5, 0.6) is 5.75 Å². The minimum absolute atomic E-state index is 0.204. The molecule has 0 bridgehead atoms. The molecule has 0 spiro atoms.